The minimum Gasteiger partial charge on any atom is -0.462 e. The maximum absolute atomic E-state index is 12.7. The van der Waals surface area contributed by atoms with Crippen LogP contribution in [-0.2, 0) is 9.47 Å². The van der Waals surface area contributed by atoms with Gasteiger partial charge in [-0.25, -0.2) is 9.59 Å². The van der Waals surface area contributed by atoms with Gasteiger partial charge in [-0.2, -0.15) is 0 Å². The highest BCUT2D eigenvalue weighted by Gasteiger charge is 2.24. The molecule has 1 heterocycles. The van der Waals surface area contributed by atoms with Gasteiger partial charge in [0.05, 0.1) is 29.3 Å². The van der Waals surface area contributed by atoms with E-state index in [4.69, 9.17) is 9.47 Å². The van der Waals surface area contributed by atoms with E-state index in [1.165, 1.54) is 17.4 Å². The summed E-state index contributed by atoms with van der Waals surface area (Å²) in [4.78, 5) is 48.3. The molecule has 0 bridgehead atoms. The largest absolute Gasteiger partial charge is 0.462 e. The Morgan fingerprint density at radius 2 is 1.62 bits per heavy atom. The quantitative estimate of drug-likeness (QED) is 0.409. The minimum atomic E-state index is -0.778. The molecule has 0 fully saturated rings. The molecule has 0 aliphatic heterocycles. The van der Waals surface area contributed by atoms with Crippen LogP contribution in [0.25, 0.3) is 0 Å². The molecule has 0 spiro atoms. The molecule has 0 radical (unpaired) electrons. The Balaban J connectivity index is 2.43. The van der Waals surface area contributed by atoms with Crippen molar-refractivity contribution in [1.82, 2.24) is 0 Å². The van der Waals surface area contributed by atoms with E-state index >= 15 is 0 Å². The smallest absolute Gasteiger partial charge is 0.341 e. The van der Waals surface area contributed by atoms with E-state index in [-0.39, 0.29) is 34.9 Å². The van der Waals surface area contributed by atoms with Crippen LogP contribution in [0.3, 0.4) is 0 Å². The first kappa shape index (κ1) is 22.0. The third-order valence-corrected chi connectivity index (χ3v) is 5.12. The fourth-order valence-electron chi connectivity index (χ4n) is 2.52. The summed E-state index contributed by atoms with van der Waals surface area (Å²) in [7, 11) is 0. The van der Waals surface area contributed by atoms with Gasteiger partial charge in [0.1, 0.15) is 5.00 Å². The molecule has 1 amide bonds. The van der Waals surface area contributed by atoms with Crippen LogP contribution >= 0.6 is 11.3 Å². The highest BCUT2D eigenvalue weighted by molar-refractivity contribution is 7.16. The summed E-state index contributed by atoms with van der Waals surface area (Å²) in [6.45, 7) is 7.06. The number of anilines is 1. The number of nitrogens with zero attached hydrogens (tertiary/aromatic N) is 1. The molecule has 1 aromatic carbocycles. The summed E-state index contributed by atoms with van der Waals surface area (Å²) in [6.07, 6.45) is 0. The second kappa shape index (κ2) is 9.28. The molecule has 1 N–H and O–H groups in total. The van der Waals surface area contributed by atoms with Crippen molar-refractivity contribution < 1.29 is 28.8 Å². The molecule has 154 valence electrons. The SMILES string of the molecule is CCOC(=O)c1cc(C(=O)Nc2sc(C)c(C)c2C(=O)OCC)cc([N+](=O)[O-])c1. The highest BCUT2D eigenvalue weighted by atomic mass is 32.1. The summed E-state index contributed by atoms with van der Waals surface area (Å²) in [5, 5.41) is 14.1. The number of nitro groups is 1. The molecule has 0 saturated heterocycles. The monoisotopic (exact) mass is 420 g/mol. The molecule has 2 rings (SSSR count). The van der Waals surface area contributed by atoms with Crippen LogP contribution < -0.4 is 5.32 Å². The third kappa shape index (κ3) is 4.96. The second-order valence-corrected chi connectivity index (χ2v) is 7.13. The number of carbonyl (C=O) groups is 3. The molecule has 29 heavy (non-hydrogen) atoms. The maximum Gasteiger partial charge on any atom is 0.341 e. The van der Waals surface area contributed by atoms with E-state index in [9.17, 15) is 24.5 Å². The van der Waals surface area contributed by atoms with Gasteiger partial charge in [0.15, 0.2) is 0 Å². The van der Waals surface area contributed by atoms with Crippen LogP contribution in [0, 0.1) is 24.0 Å². The number of amides is 1. The number of rotatable bonds is 7. The first-order valence-corrected chi connectivity index (χ1v) is 9.56. The van der Waals surface area contributed by atoms with E-state index in [2.05, 4.69) is 5.32 Å². The Morgan fingerprint density at radius 3 is 2.21 bits per heavy atom. The molecule has 0 aliphatic rings. The van der Waals surface area contributed by atoms with Gasteiger partial charge in [-0.05, 0) is 39.3 Å². The van der Waals surface area contributed by atoms with Gasteiger partial charge in [0, 0.05) is 22.6 Å². The Bertz CT molecular complexity index is 981. The van der Waals surface area contributed by atoms with Gasteiger partial charge in [-0.3, -0.25) is 14.9 Å². The average molecular weight is 420 g/mol. The molecular formula is C19H20N2O7S. The zero-order valence-corrected chi connectivity index (χ0v) is 17.2. The van der Waals surface area contributed by atoms with Crippen LogP contribution in [0.5, 0.6) is 0 Å². The topological polar surface area (TPSA) is 125 Å². The molecule has 0 aliphatic carbocycles. The van der Waals surface area contributed by atoms with E-state index in [1.807, 2.05) is 0 Å². The molecule has 2 aromatic rings. The summed E-state index contributed by atoms with van der Waals surface area (Å²) in [5.74, 6) is -2.05. The fraction of sp³-hybridized carbons (Fsp3) is 0.316. The van der Waals surface area contributed by atoms with Crippen molar-refractivity contribution >= 4 is 39.9 Å². The van der Waals surface area contributed by atoms with Crippen LogP contribution in [0.4, 0.5) is 10.7 Å². The predicted octanol–water partition coefficient (Wildman–Crippen LogP) is 3.88. The zero-order valence-electron chi connectivity index (χ0n) is 16.4. The normalized spacial score (nSPS) is 10.3. The number of thiophene rings is 1. The van der Waals surface area contributed by atoms with E-state index < -0.39 is 28.5 Å². The minimum absolute atomic E-state index is 0.0830. The zero-order chi connectivity index (χ0) is 21.7. The van der Waals surface area contributed by atoms with Gasteiger partial charge in [0.25, 0.3) is 11.6 Å². The third-order valence-electron chi connectivity index (χ3n) is 3.99. The number of benzene rings is 1. The van der Waals surface area contributed by atoms with Crippen LogP contribution in [-0.4, -0.2) is 36.0 Å². The van der Waals surface area contributed by atoms with Gasteiger partial charge in [-0.15, -0.1) is 11.3 Å². The number of hydrogen-bond acceptors (Lipinski definition) is 8. The van der Waals surface area contributed by atoms with Crippen LogP contribution in [0.2, 0.25) is 0 Å². The number of hydrogen-bond donors (Lipinski definition) is 1. The number of nitro benzene ring substituents is 1. The summed E-state index contributed by atoms with van der Waals surface area (Å²) >= 11 is 1.19. The molecule has 10 heteroatoms. The Kier molecular flexibility index (Phi) is 7.05. The van der Waals surface area contributed by atoms with Crippen molar-refractivity contribution in [3.05, 3.63) is 55.4 Å². The van der Waals surface area contributed by atoms with E-state index in [0.717, 1.165) is 17.0 Å². The number of esters is 2. The number of aryl methyl sites for hydroxylation is 1. The predicted molar refractivity (Wildman–Crippen MR) is 107 cm³/mol. The number of carbonyl (C=O) groups excluding carboxylic acids is 3. The van der Waals surface area contributed by atoms with Gasteiger partial charge < -0.3 is 14.8 Å². The summed E-state index contributed by atoms with van der Waals surface area (Å²) in [6, 6.07) is 3.30. The van der Waals surface area contributed by atoms with Crippen molar-refractivity contribution in [3.63, 3.8) is 0 Å². The second-order valence-electron chi connectivity index (χ2n) is 5.91. The van der Waals surface area contributed by atoms with Crippen molar-refractivity contribution in [3.8, 4) is 0 Å². The first-order chi connectivity index (χ1) is 13.7. The van der Waals surface area contributed by atoms with Crippen molar-refractivity contribution in [1.29, 1.82) is 0 Å². The Morgan fingerprint density at radius 1 is 1.03 bits per heavy atom. The summed E-state index contributed by atoms with van der Waals surface area (Å²) in [5.41, 5.74) is 0.259. The Labute approximate surface area is 170 Å². The molecule has 0 unspecified atom stereocenters. The average Bonchev–Trinajstić information content (AvgIpc) is 2.95. The number of non-ortho nitro benzene ring substituents is 1. The van der Waals surface area contributed by atoms with Crippen molar-refractivity contribution in [2.45, 2.75) is 27.7 Å². The van der Waals surface area contributed by atoms with E-state index in [0.29, 0.717) is 5.56 Å². The highest BCUT2D eigenvalue weighted by Crippen LogP contribution is 2.33. The van der Waals surface area contributed by atoms with Crippen molar-refractivity contribution in [2.24, 2.45) is 0 Å². The Hall–Kier alpha value is -3.27. The molecule has 0 saturated carbocycles. The van der Waals surface area contributed by atoms with Crippen molar-refractivity contribution in [2.75, 3.05) is 18.5 Å². The number of nitrogens with one attached hydrogen (secondary N) is 1. The summed E-state index contributed by atoms with van der Waals surface area (Å²) < 4.78 is 9.90. The molecular weight excluding hydrogens is 400 g/mol. The molecule has 1 aromatic heterocycles. The van der Waals surface area contributed by atoms with Crippen LogP contribution in [0.1, 0.15) is 55.4 Å². The van der Waals surface area contributed by atoms with Crippen LogP contribution in [0.15, 0.2) is 18.2 Å². The molecule has 9 nitrogen and oxygen atoms in total. The lowest BCUT2D eigenvalue weighted by molar-refractivity contribution is -0.384. The first-order valence-electron chi connectivity index (χ1n) is 8.74. The lowest BCUT2D eigenvalue weighted by atomic mass is 10.1. The lowest BCUT2D eigenvalue weighted by Gasteiger charge is -2.08. The van der Waals surface area contributed by atoms with Gasteiger partial charge >= 0.3 is 11.9 Å². The van der Waals surface area contributed by atoms with Gasteiger partial charge in [0.2, 0.25) is 0 Å². The molecule has 0 atom stereocenters. The fourth-order valence-corrected chi connectivity index (χ4v) is 3.56. The van der Waals surface area contributed by atoms with Gasteiger partial charge in [-0.1, -0.05) is 0 Å². The maximum atomic E-state index is 12.7. The standard InChI is InChI=1S/C19H20N2O7S/c1-5-27-18(23)13-7-12(8-14(9-13)21(25)26)16(22)20-17-15(19(24)28-6-2)10(3)11(4)29-17/h7-9H,5-6H2,1-4H3,(H,20,22). The lowest BCUT2D eigenvalue weighted by Crippen LogP contribution is -2.16. The van der Waals surface area contributed by atoms with E-state index in [1.54, 1.807) is 27.7 Å². The number of ether oxygens (including phenoxy) is 2.